The molecule has 23 heavy (non-hydrogen) atoms. The van der Waals surface area contributed by atoms with Gasteiger partial charge in [0.1, 0.15) is 11.9 Å². The Labute approximate surface area is 139 Å². The summed E-state index contributed by atoms with van der Waals surface area (Å²) in [6.45, 7) is 2.26. The van der Waals surface area contributed by atoms with E-state index in [9.17, 15) is 0 Å². The van der Waals surface area contributed by atoms with E-state index in [0.29, 0.717) is 0 Å². The van der Waals surface area contributed by atoms with Gasteiger partial charge >= 0.3 is 0 Å². The van der Waals surface area contributed by atoms with E-state index in [-0.39, 0.29) is 6.04 Å². The van der Waals surface area contributed by atoms with Gasteiger partial charge in [0.25, 0.3) is 0 Å². The van der Waals surface area contributed by atoms with Crippen LogP contribution in [0.4, 0.5) is 0 Å². The van der Waals surface area contributed by atoms with Crippen molar-refractivity contribution in [2.45, 2.75) is 37.4 Å². The smallest absolute Gasteiger partial charge is 0.148 e. The van der Waals surface area contributed by atoms with Gasteiger partial charge in [0.2, 0.25) is 0 Å². The van der Waals surface area contributed by atoms with E-state index >= 15 is 0 Å². The molecule has 3 aliphatic heterocycles. The van der Waals surface area contributed by atoms with Crippen molar-refractivity contribution in [3.63, 3.8) is 0 Å². The zero-order valence-electron chi connectivity index (χ0n) is 14.2. The first-order valence-corrected chi connectivity index (χ1v) is 8.79. The molecule has 0 aliphatic carbocycles. The molecule has 1 aromatic carbocycles. The summed E-state index contributed by atoms with van der Waals surface area (Å²) in [4.78, 5) is 2.48. The lowest BCUT2D eigenvalue weighted by Crippen LogP contribution is -2.51. The topological polar surface area (TPSA) is 27.6 Å². The average Bonchev–Trinajstić information content (AvgIpc) is 2.76. The molecule has 122 valence electrons. The minimum Gasteiger partial charge on any atom is -0.349 e. The Morgan fingerprint density at radius 3 is 2.61 bits per heavy atom. The lowest BCUT2D eigenvalue weighted by molar-refractivity contribution is -0.923. The Hall–Kier alpha value is -1.81. The quantitative estimate of drug-likeness (QED) is 0.807. The first-order chi connectivity index (χ1) is 11.1. The first-order valence-electron chi connectivity index (χ1n) is 8.79. The highest BCUT2D eigenvalue weighted by molar-refractivity contribution is 5.93. The van der Waals surface area contributed by atoms with Crippen LogP contribution < -0.4 is 5.43 Å². The molecule has 1 aromatic rings. The van der Waals surface area contributed by atoms with E-state index in [1.165, 1.54) is 29.3 Å². The van der Waals surface area contributed by atoms with Crippen molar-refractivity contribution in [3.05, 3.63) is 48.0 Å². The number of amidine groups is 1. The summed E-state index contributed by atoms with van der Waals surface area (Å²) in [7, 11) is 4.82. The van der Waals surface area contributed by atoms with Crippen molar-refractivity contribution < 1.29 is 4.48 Å². The maximum atomic E-state index is 4.68. The summed E-state index contributed by atoms with van der Waals surface area (Å²) in [6.07, 6.45) is 8.46. The second-order valence-corrected chi connectivity index (χ2v) is 7.60. The molecule has 4 heteroatoms. The molecule has 0 aromatic heterocycles. The highest BCUT2D eigenvalue weighted by atomic mass is 15.4. The van der Waals surface area contributed by atoms with Crippen molar-refractivity contribution in [1.29, 1.82) is 0 Å². The number of benzene rings is 1. The summed E-state index contributed by atoms with van der Waals surface area (Å²) in [5, 5.41) is 4.68. The van der Waals surface area contributed by atoms with Crippen LogP contribution in [0.15, 0.2) is 47.6 Å². The molecule has 3 aliphatic rings. The second kappa shape index (κ2) is 5.68. The molecule has 1 N–H and O–H groups in total. The molecule has 2 saturated heterocycles. The summed E-state index contributed by atoms with van der Waals surface area (Å²) in [5.74, 6) is 1.10. The van der Waals surface area contributed by atoms with Crippen molar-refractivity contribution in [2.75, 3.05) is 27.2 Å². The fourth-order valence-corrected chi connectivity index (χ4v) is 4.41. The normalized spacial score (nSPS) is 32.2. The van der Waals surface area contributed by atoms with Crippen molar-refractivity contribution in [1.82, 2.24) is 10.3 Å². The summed E-state index contributed by atoms with van der Waals surface area (Å²) < 4.78 is 1.19. The summed E-state index contributed by atoms with van der Waals surface area (Å²) >= 11 is 0. The van der Waals surface area contributed by atoms with Crippen LogP contribution in [0, 0.1) is 0 Å². The number of hydrogen-bond donors (Lipinski definition) is 1. The third-order valence-electron chi connectivity index (χ3n) is 6.12. The van der Waals surface area contributed by atoms with Crippen molar-refractivity contribution in [3.8, 4) is 0 Å². The van der Waals surface area contributed by atoms with Gasteiger partial charge in [0.05, 0.1) is 32.7 Å². The second-order valence-electron chi connectivity index (χ2n) is 7.60. The molecule has 2 fully saturated rings. The number of likely N-dealkylation sites (N-methyl/N-ethyl adjacent to an activating group) is 1. The lowest BCUT2D eigenvalue weighted by Gasteiger charge is -2.36. The highest BCUT2D eigenvalue weighted by Gasteiger charge is 2.46. The fraction of sp³-hybridized carbons (Fsp3) is 0.526. The van der Waals surface area contributed by atoms with Gasteiger partial charge in [-0.2, -0.15) is 5.10 Å². The average molecular weight is 311 g/mol. The molecule has 4 nitrogen and oxygen atoms in total. The summed E-state index contributed by atoms with van der Waals surface area (Å²) in [5.41, 5.74) is 4.59. The fourth-order valence-electron chi connectivity index (χ4n) is 4.41. The molecule has 4 rings (SSSR count). The van der Waals surface area contributed by atoms with Gasteiger partial charge in [-0.3, -0.25) is 5.43 Å². The maximum absolute atomic E-state index is 4.68. The van der Waals surface area contributed by atoms with Crippen LogP contribution in [0.5, 0.6) is 0 Å². The molecule has 2 bridgehead atoms. The third-order valence-corrected chi connectivity index (χ3v) is 6.12. The Morgan fingerprint density at radius 1 is 1.09 bits per heavy atom. The highest BCUT2D eigenvalue weighted by Crippen LogP contribution is 2.34. The Kier molecular flexibility index (Phi) is 3.64. The van der Waals surface area contributed by atoms with Crippen LogP contribution in [-0.4, -0.2) is 54.5 Å². The van der Waals surface area contributed by atoms with Gasteiger partial charge in [-0.05, 0) is 11.6 Å². The van der Waals surface area contributed by atoms with Gasteiger partial charge < -0.3 is 9.38 Å². The third kappa shape index (κ3) is 2.65. The Bertz CT molecular complexity index is 620. The summed E-state index contributed by atoms with van der Waals surface area (Å²) in [6, 6.07) is 12.3. The van der Waals surface area contributed by atoms with Crippen LogP contribution in [0.2, 0.25) is 0 Å². The number of fused-ring (bicyclic) bond motifs is 2. The van der Waals surface area contributed by atoms with Gasteiger partial charge in [0, 0.05) is 25.8 Å². The molecule has 0 saturated carbocycles. The van der Waals surface area contributed by atoms with Crippen molar-refractivity contribution >= 4 is 5.84 Å². The number of hydrogen-bond acceptors (Lipinski definition) is 3. The van der Waals surface area contributed by atoms with Crippen LogP contribution in [0.1, 0.15) is 30.9 Å². The molecular weight excluding hydrogens is 284 g/mol. The van der Waals surface area contributed by atoms with E-state index in [1.807, 2.05) is 0 Å². The Balaban J connectivity index is 1.46. The van der Waals surface area contributed by atoms with Gasteiger partial charge in [0.15, 0.2) is 0 Å². The standard InChI is InChI=1S/C19H27N4/c1-23(2)16-8-9-17(23)14-22(13-12-16)19-11-10-18(20-21-19)15-6-4-3-5-7-15/h3-7,10-11,16-18,20H,8-9,12-14H2,1-2H3/q+1/t16-,17+,18?/m1/s1. The molecule has 3 heterocycles. The van der Waals surface area contributed by atoms with E-state index in [4.69, 9.17) is 0 Å². The Morgan fingerprint density at radius 2 is 1.87 bits per heavy atom. The van der Waals surface area contributed by atoms with Crippen LogP contribution in [-0.2, 0) is 0 Å². The van der Waals surface area contributed by atoms with Crippen LogP contribution in [0.25, 0.3) is 0 Å². The van der Waals surface area contributed by atoms with E-state index in [1.54, 1.807) is 0 Å². The molecule has 0 spiro atoms. The monoisotopic (exact) mass is 311 g/mol. The van der Waals surface area contributed by atoms with Gasteiger partial charge in [-0.1, -0.05) is 36.4 Å². The number of likely N-dealkylation sites (tertiary alicyclic amines) is 1. The number of quaternary nitrogens is 1. The number of nitrogens with one attached hydrogen (secondary N) is 1. The number of hydrazone groups is 1. The first kappa shape index (κ1) is 14.8. The molecular formula is C19H27N4+. The van der Waals surface area contributed by atoms with Gasteiger partial charge in [-0.15, -0.1) is 0 Å². The van der Waals surface area contributed by atoms with Gasteiger partial charge in [-0.25, -0.2) is 0 Å². The van der Waals surface area contributed by atoms with E-state index in [2.05, 4.69) is 72.0 Å². The minimum atomic E-state index is 0.190. The minimum absolute atomic E-state index is 0.190. The van der Waals surface area contributed by atoms with Crippen LogP contribution >= 0.6 is 0 Å². The zero-order valence-corrected chi connectivity index (χ0v) is 14.2. The van der Waals surface area contributed by atoms with Crippen molar-refractivity contribution in [2.24, 2.45) is 5.10 Å². The molecule has 3 atom stereocenters. The SMILES string of the molecule is C[N+]1(C)[C@@H]2CC[C@H]1CN(C1=NNC(c3ccccc3)C=C1)CC2. The predicted octanol–water partition coefficient (Wildman–Crippen LogP) is 2.51. The lowest BCUT2D eigenvalue weighted by atomic mass is 10.1. The predicted molar refractivity (Wildman–Crippen MR) is 94.0 cm³/mol. The number of rotatable bonds is 1. The molecule has 1 unspecified atom stereocenters. The number of nitrogens with zero attached hydrogens (tertiary/aromatic N) is 3. The van der Waals surface area contributed by atoms with E-state index in [0.717, 1.165) is 31.0 Å². The van der Waals surface area contributed by atoms with Crippen LogP contribution in [0.3, 0.4) is 0 Å². The van der Waals surface area contributed by atoms with E-state index < -0.39 is 0 Å². The molecule has 0 radical (unpaired) electrons. The molecule has 0 amide bonds. The largest absolute Gasteiger partial charge is 0.349 e. The zero-order chi connectivity index (χ0) is 15.9. The maximum Gasteiger partial charge on any atom is 0.148 e.